The van der Waals surface area contributed by atoms with Crippen molar-refractivity contribution in [2.24, 2.45) is 5.92 Å². The molecule has 2 rings (SSSR count). The van der Waals surface area contributed by atoms with Crippen LogP contribution >= 0.6 is 12.4 Å². The number of nitrogen functional groups attached to an aromatic ring is 1. The van der Waals surface area contributed by atoms with Crippen LogP contribution in [0.5, 0.6) is 0 Å². The van der Waals surface area contributed by atoms with Crippen LogP contribution in [0.25, 0.3) is 0 Å². The fourth-order valence-corrected chi connectivity index (χ4v) is 2.09. The van der Waals surface area contributed by atoms with Gasteiger partial charge in [0, 0.05) is 25.4 Å². The zero-order valence-electron chi connectivity index (χ0n) is 10.9. The number of rotatable bonds is 4. The van der Waals surface area contributed by atoms with Crippen molar-refractivity contribution < 1.29 is 9.53 Å². The molecule has 1 saturated heterocycles. The molecule has 4 nitrogen and oxygen atoms in total. The van der Waals surface area contributed by atoms with Gasteiger partial charge < -0.3 is 15.8 Å². The van der Waals surface area contributed by atoms with Crippen LogP contribution in [0.3, 0.4) is 0 Å². The smallest absolute Gasteiger partial charge is 0.224 e. The molecule has 0 atom stereocenters. The molecule has 106 valence electrons. The van der Waals surface area contributed by atoms with Crippen molar-refractivity contribution in [1.29, 1.82) is 0 Å². The first-order valence-electron chi connectivity index (χ1n) is 6.43. The maximum absolute atomic E-state index is 11.8. The SMILES string of the molecule is Cl.Nc1ccc(CC(=O)NCC2CCOCC2)cc1. The van der Waals surface area contributed by atoms with Crippen LogP contribution in [-0.2, 0) is 16.0 Å². The maximum atomic E-state index is 11.8. The summed E-state index contributed by atoms with van der Waals surface area (Å²) in [6, 6.07) is 7.43. The first-order chi connectivity index (χ1) is 8.74. The number of benzene rings is 1. The molecule has 5 heteroatoms. The van der Waals surface area contributed by atoms with Crippen LogP contribution in [0.1, 0.15) is 18.4 Å². The van der Waals surface area contributed by atoms with Gasteiger partial charge in [0.2, 0.25) is 5.91 Å². The van der Waals surface area contributed by atoms with Crippen LogP contribution in [0.15, 0.2) is 24.3 Å². The Bertz CT molecular complexity index is 389. The molecule has 1 aliphatic rings. The summed E-state index contributed by atoms with van der Waals surface area (Å²) in [4.78, 5) is 11.8. The molecule has 1 amide bonds. The predicted octanol–water partition coefficient (Wildman–Crippen LogP) is 1.78. The van der Waals surface area contributed by atoms with Crippen molar-refractivity contribution in [2.45, 2.75) is 19.3 Å². The van der Waals surface area contributed by atoms with Crippen LogP contribution in [0.4, 0.5) is 5.69 Å². The summed E-state index contributed by atoms with van der Waals surface area (Å²) in [7, 11) is 0. The van der Waals surface area contributed by atoms with E-state index < -0.39 is 0 Å². The number of hydrogen-bond donors (Lipinski definition) is 2. The van der Waals surface area contributed by atoms with Gasteiger partial charge in [-0.3, -0.25) is 4.79 Å². The van der Waals surface area contributed by atoms with E-state index in [2.05, 4.69) is 5.32 Å². The zero-order chi connectivity index (χ0) is 12.8. The zero-order valence-corrected chi connectivity index (χ0v) is 11.7. The molecule has 0 aliphatic carbocycles. The van der Waals surface area contributed by atoms with Crippen LogP contribution in [-0.4, -0.2) is 25.7 Å². The summed E-state index contributed by atoms with van der Waals surface area (Å²) in [5, 5.41) is 2.99. The molecule has 1 heterocycles. The molecule has 0 saturated carbocycles. The minimum absolute atomic E-state index is 0. The average molecular weight is 285 g/mol. The van der Waals surface area contributed by atoms with Gasteiger partial charge >= 0.3 is 0 Å². The number of carbonyl (C=O) groups excluding carboxylic acids is 1. The maximum Gasteiger partial charge on any atom is 0.224 e. The number of nitrogens with two attached hydrogens (primary N) is 1. The molecule has 0 radical (unpaired) electrons. The molecular weight excluding hydrogens is 264 g/mol. The Hall–Kier alpha value is -1.26. The number of ether oxygens (including phenoxy) is 1. The lowest BCUT2D eigenvalue weighted by Crippen LogP contribution is -2.33. The van der Waals surface area contributed by atoms with Crippen molar-refractivity contribution in [3.05, 3.63) is 29.8 Å². The molecule has 0 spiro atoms. The molecule has 3 N–H and O–H groups in total. The van der Waals surface area contributed by atoms with E-state index in [4.69, 9.17) is 10.5 Å². The Kier molecular flexibility index (Phi) is 6.67. The Labute approximate surface area is 120 Å². The summed E-state index contributed by atoms with van der Waals surface area (Å²) in [6.45, 7) is 2.40. The van der Waals surface area contributed by atoms with E-state index in [-0.39, 0.29) is 18.3 Å². The molecule has 1 aliphatic heterocycles. The highest BCUT2D eigenvalue weighted by Gasteiger charge is 2.14. The van der Waals surface area contributed by atoms with E-state index in [1.807, 2.05) is 24.3 Å². The third-order valence-corrected chi connectivity index (χ3v) is 3.27. The van der Waals surface area contributed by atoms with Gasteiger partial charge in [-0.25, -0.2) is 0 Å². The third-order valence-electron chi connectivity index (χ3n) is 3.27. The van der Waals surface area contributed by atoms with Gasteiger partial charge in [-0.2, -0.15) is 0 Å². The molecule has 0 unspecified atom stereocenters. The first kappa shape index (κ1) is 15.8. The fourth-order valence-electron chi connectivity index (χ4n) is 2.09. The summed E-state index contributed by atoms with van der Waals surface area (Å²) >= 11 is 0. The fraction of sp³-hybridized carbons (Fsp3) is 0.500. The summed E-state index contributed by atoms with van der Waals surface area (Å²) in [5.41, 5.74) is 7.32. The van der Waals surface area contributed by atoms with Gasteiger partial charge in [0.1, 0.15) is 0 Å². The standard InChI is InChI=1S/C14H20N2O2.ClH/c15-13-3-1-11(2-4-13)9-14(17)16-10-12-5-7-18-8-6-12;/h1-4,12H,5-10,15H2,(H,16,17);1H. The lowest BCUT2D eigenvalue weighted by molar-refractivity contribution is -0.120. The van der Waals surface area contributed by atoms with Crippen molar-refractivity contribution in [1.82, 2.24) is 5.32 Å². The Morgan fingerprint density at radius 3 is 2.53 bits per heavy atom. The number of amides is 1. The second-order valence-electron chi connectivity index (χ2n) is 4.78. The predicted molar refractivity (Wildman–Crippen MR) is 78.4 cm³/mol. The third kappa shape index (κ3) is 5.49. The van der Waals surface area contributed by atoms with Gasteiger partial charge in [-0.1, -0.05) is 12.1 Å². The molecule has 1 aromatic carbocycles. The lowest BCUT2D eigenvalue weighted by atomic mass is 10.0. The number of anilines is 1. The second-order valence-corrected chi connectivity index (χ2v) is 4.78. The summed E-state index contributed by atoms with van der Waals surface area (Å²) in [5.74, 6) is 0.639. The molecular formula is C14H21ClN2O2. The molecule has 1 aromatic rings. The van der Waals surface area contributed by atoms with Crippen LogP contribution < -0.4 is 11.1 Å². The van der Waals surface area contributed by atoms with E-state index in [1.165, 1.54) is 0 Å². The Morgan fingerprint density at radius 1 is 1.26 bits per heavy atom. The highest BCUT2D eigenvalue weighted by molar-refractivity contribution is 5.85. The molecule has 0 bridgehead atoms. The second kappa shape index (κ2) is 8.02. The monoisotopic (exact) mass is 284 g/mol. The van der Waals surface area contributed by atoms with E-state index in [0.717, 1.165) is 43.9 Å². The normalized spacial score (nSPS) is 15.6. The Balaban J connectivity index is 0.00000180. The van der Waals surface area contributed by atoms with E-state index in [0.29, 0.717) is 12.3 Å². The minimum Gasteiger partial charge on any atom is -0.399 e. The van der Waals surface area contributed by atoms with E-state index in [1.54, 1.807) is 0 Å². The first-order valence-corrected chi connectivity index (χ1v) is 6.43. The van der Waals surface area contributed by atoms with Gasteiger partial charge in [0.15, 0.2) is 0 Å². The van der Waals surface area contributed by atoms with Crippen LogP contribution in [0, 0.1) is 5.92 Å². The number of carbonyl (C=O) groups is 1. The van der Waals surface area contributed by atoms with Gasteiger partial charge in [-0.05, 0) is 36.5 Å². The lowest BCUT2D eigenvalue weighted by Gasteiger charge is -2.22. The molecule has 1 fully saturated rings. The summed E-state index contributed by atoms with van der Waals surface area (Å²) < 4.78 is 5.29. The van der Waals surface area contributed by atoms with Crippen molar-refractivity contribution in [3.63, 3.8) is 0 Å². The van der Waals surface area contributed by atoms with Crippen molar-refractivity contribution in [3.8, 4) is 0 Å². The molecule has 0 aromatic heterocycles. The number of halogens is 1. The van der Waals surface area contributed by atoms with Crippen molar-refractivity contribution in [2.75, 3.05) is 25.5 Å². The van der Waals surface area contributed by atoms with Gasteiger partial charge in [0.25, 0.3) is 0 Å². The topological polar surface area (TPSA) is 64.4 Å². The highest BCUT2D eigenvalue weighted by atomic mass is 35.5. The quantitative estimate of drug-likeness (QED) is 0.829. The molecule has 19 heavy (non-hydrogen) atoms. The Morgan fingerprint density at radius 2 is 1.89 bits per heavy atom. The van der Waals surface area contributed by atoms with Gasteiger partial charge in [0.05, 0.1) is 6.42 Å². The van der Waals surface area contributed by atoms with Crippen molar-refractivity contribution >= 4 is 24.0 Å². The largest absolute Gasteiger partial charge is 0.399 e. The van der Waals surface area contributed by atoms with Gasteiger partial charge in [-0.15, -0.1) is 12.4 Å². The highest BCUT2D eigenvalue weighted by Crippen LogP contribution is 2.13. The average Bonchev–Trinajstić information content (AvgIpc) is 2.40. The number of nitrogens with one attached hydrogen (secondary N) is 1. The van der Waals surface area contributed by atoms with E-state index >= 15 is 0 Å². The summed E-state index contributed by atoms with van der Waals surface area (Å²) in [6.07, 6.45) is 2.51. The van der Waals surface area contributed by atoms with Crippen LogP contribution in [0.2, 0.25) is 0 Å². The number of hydrogen-bond acceptors (Lipinski definition) is 3. The minimum atomic E-state index is 0. The van der Waals surface area contributed by atoms with E-state index in [9.17, 15) is 4.79 Å².